The van der Waals surface area contributed by atoms with Crippen molar-refractivity contribution in [2.45, 2.75) is 39.0 Å². The zero-order valence-corrected chi connectivity index (χ0v) is 13.2. The second kappa shape index (κ2) is 5.21. The molecule has 1 aliphatic heterocycles. The van der Waals surface area contributed by atoms with Crippen LogP contribution in [0.3, 0.4) is 0 Å². The van der Waals surface area contributed by atoms with Crippen LogP contribution in [0.1, 0.15) is 35.5 Å². The first-order valence-electron chi connectivity index (χ1n) is 7.91. The Morgan fingerprint density at radius 1 is 1.24 bits per heavy atom. The smallest absolute Gasteiger partial charge is 0.141 e. The van der Waals surface area contributed by atoms with Crippen LogP contribution in [0.5, 0.6) is 0 Å². The van der Waals surface area contributed by atoms with Crippen molar-refractivity contribution in [1.82, 2.24) is 9.97 Å². The number of hydrogen-bond acceptors (Lipinski definition) is 5. The average Bonchev–Trinajstić information content (AvgIpc) is 3.06. The van der Waals surface area contributed by atoms with Gasteiger partial charge in [0.1, 0.15) is 16.5 Å². The van der Waals surface area contributed by atoms with Gasteiger partial charge in [-0.15, -0.1) is 11.3 Å². The molecule has 1 saturated heterocycles. The first kappa shape index (κ1) is 13.5. The van der Waals surface area contributed by atoms with Crippen molar-refractivity contribution >= 4 is 27.4 Å². The zero-order chi connectivity index (χ0) is 14.4. The minimum atomic E-state index is 0.319. The molecule has 0 atom stereocenters. The van der Waals surface area contributed by atoms with Crippen LogP contribution in [0.4, 0.5) is 5.82 Å². The van der Waals surface area contributed by atoms with Crippen molar-refractivity contribution in [2.75, 3.05) is 24.6 Å². The number of nitrogens with zero attached hydrogens (tertiary/aromatic N) is 3. The van der Waals surface area contributed by atoms with E-state index in [2.05, 4.69) is 9.88 Å². The van der Waals surface area contributed by atoms with Crippen LogP contribution < -0.4 is 4.90 Å². The number of anilines is 1. The van der Waals surface area contributed by atoms with Crippen LogP contribution in [0.15, 0.2) is 0 Å². The molecule has 0 saturated carbocycles. The normalized spacial score (nSPS) is 19.4. The molecular weight excluding hydrogens is 282 g/mol. The Kier molecular flexibility index (Phi) is 3.34. The highest BCUT2D eigenvalue weighted by Crippen LogP contribution is 2.41. The summed E-state index contributed by atoms with van der Waals surface area (Å²) in [7, 11) is 0. The number of aliphatic hydroxyl groups is 1. The molecule has 21 heavy (non-hydrogen) atoms. The van der Waals surface area contributed by atoms with Gasteiger partial charge >= 0.3 is 0 Å². The number of fused-ring (bicyclic) bond motifs is 3. The number of hydrogen-bond donors (Lipinski definition) is 1. The highest BCUT2D eigenvalue weighted by molar-refractivity contribution is 7.19. The summed E-state index contributed by atoms with van der Waals surface area (Å²) in [5.74, 6) is 2.49. The molecule has 0 spiro atoms. The van der Waals surface area contributed by atoms with E-state index in [1.165, 1.54) is 39.9 Å². The number of aromatic nitrogens is 2. The summed E-state index contributed by atoms with van der Waals surface area (Å²) in [4.78, 5) is 14.6. The van der Waals surface area contributed by atoms with Gasteiger partial charge in [0, 0.05) is 24.6 Å². The number of rotatable bonds is 2. The fraction of sp³-hybridized carbons (Fsp3) is 0.625. The Bertz CT molecular complexity index is 674. The summed E-state index contributed by atoms with van der Waals surface area (Å²) in [5, 5.41) is 10.6. The van der Waals surface area contributed by atoms with Crippen LogP contribution in [0.2, 0.25) is 0 Å². The topological polar surface area (TPSA) is 49.2 Å². The molecule has 4 nitrogen and oxygen atoms in total. The van der Waals surface area contributed by atoms with Crippen molar-refractivity contribution in [1.29, 1.82) is 0 Å². The fourth-order valence-corrected chi connectivity index (χ4v) is 4.94. The van der Waals surface area contributed by atoms with Crippen molar-refractivity contribution < 1.29 is 5.11 Å². The zero-order valence-electron chi connectivity index (χ0n) is 12.4. The van der Waals surface area contributed by atoms with Gasteiger partial charge in [-0.1, -0.05) is 0 Å². The lowest BCUT2D eigenvalue weighted by molar-refractivity contribution is 0.203. The standard InChI is InChI=1S/C16H21N3OS/c1-10-17-15(19-7-5-11(9-20)6-8-19)14-12-3-2-4-13(12)21-16(14)18-10/h11,20H,2-9H2,1H3. The van der Waals surface area contributed by atoms with E-state index >= 15 is 0 Å². The molecule has 2 aromatic rings. The van der Waals surface area contributed by atoms with Crippen LogP contribution in [0.25, 0.3) is 10.2 Å². The van der Waals surface area contributed by atoms with Gasteiger partial charge in [0.25, 0.3) is 0 Å². The lowest BCUT2D eigenvalue weighted by Gasteiger charge is -2.32. The number of aryl methyl sites for hydroxylation is 3. The molecular formula is C16H21N3OS. The third-order valence-electron chi connectivity index (χ3n) is 4.83. The number of piperidine rings is 1. The van der Waals surface area contributed by atoms with Gasteiger partial charge in [0.05, 0.1) is 5.39 Å². The summed E-state index contributed by atoms with van der Waals surface area (Å²) in [5.41, 5.74) is 1.51. The maximum absolute atomic E-state index is 9.32. The maximum Gasteiger partial charge on any atom is 0.141 e. The minimum absolute atomic E-state index is 0.319. The number of thiophene rings is 1. The van der Waals surface area contributed by atoms with E-state index in [1.54, 1.807) is 0 Å². The van der Waals surface area contributed by atoms with Crippen molar-refractivity contribution in [3.63, 3.8) is 0 Å². The largest absolute Gasteiger partial charge is 0.396 e. The quantitative estimate of drug-likeness (QED) is 0.927. The molecule has 0 radical (unpaired) electrons. The Morgan fingerprint density at radius 2 is 2.05 bits per heavy atom. The average molecular weight is 303 g/mol. The summed E-state index contributed by atoms with van der Waals surface area (Å²) in [6.07, 6.45) is 5.79. The van der Waals surface area contributed by atoms with E-state index in [0.29, 0.717) is 12.5 Å². The van der Waals surface area contributed by atoms with Crippen LogP contribution in [-0.4, -0.2) is 34.8 Å². The molecule has 4 rings (SSSR count). The molecule has 3 heterocycles. The summed E-state index contributed by atoms with van der Waals surface area (Å²) >= 11 is 1.87. The van der Waals surface area contributed by atoms with Crippen molar-refractivity contribution in [2.24, 2.45) is 5.92 Å². The second-order valence-corrected chi connectivity index (χ2v) is 7.33. The molecule has 0 bridgehead atoms. The molecule has 1 aliphatic carbocycles. The van der Waals surface area contributed by atoms with E-state index in [4.69, 9.17) is 4.98 Å². The second-order valence-electron chi connectivity index (χ2n) is 6.24. The van der Waals surface area contributed by atoms with Gasteiger partial charge in [-0.05, 0) is 50.5 Å². The molecule has 1 N–H and O–H groups in total. The Labute approximate surface area is 128 Å². The van der Waals surface area contributed by atoms with Crippen molar-refractivity contribution in [3.8, 4) is 0 Å². The van der Waals surface area contributed by atoms with Gasteiger partial charge in [-0.3, -0.25) is 0 Å². The van der Waals surface area contributed by atoms with Crippen LogP contribution in [0, 0.1) is 12.8 Å². The maximum atomic E-state index is 9.32. The molecule has 112 valence electrons. The molecule has 0 aromatic carbocycles. The lowest BCUT2D eigenvalue weighted by Crippen LogP contribution is -2.35. The molecule has 2 aliphatic rings. The van der Waals surface area contributed by atoms with Gasteiger partial charge in [-0.25, -0.2) is 9.97 Å². The van der Waals surface area contributed by atoms with Gasteiger partial charge < -0.3 is 10.0 Å². The SMILES string of the molecule is Cc1nc(N2CCC(CO)CC2)c2c3c(sc2n1)CCC3. The predicted molar refractivity (Wildman–Crippen MR) is 86.2 cm³/mol. The Hall–Kier alpha value is -1.20. The number of aliphatic hydroxyl groups excluding tert-OH is 1. The van der Waals surface area contributed by atoms with E-state index < -0.39 is 0 Å². The fourth-order valence-electron chi connectivity index (χ4n) is 3.64. The molecule has 0 unspecified atom stereocenters. The summed E-state index contributed by atoms with van der Waals surface area (Å²) in [6, 6.07) is 0. The molecule has 0 amide bonds. The van der Waals surface area contributed by atoms with E-state index in [0.717, 1.165) is 37.6 Å². The molecule has 1 fully saturated rings. The molecule has 2 aromatic heterocycles. The monoisotopic (exact) mass is 303 g/mol. The predicted octanol–water partition coefficient (Wildman–Crippen LogP) is 2.70. The third-order valence-corrected chi connectivity index (χ3v) is 6.02. The van der Waals surface area contributed by atoms with E-state index in [1.807, 2.05) is 18.3 Å². The minimum Gasteiger partial charge on any atom is -0.396 e. The first-order valence-corrected chi connectivity index (χ1v) is 8.72. The third kappa shape index (κ3) is 2.23. The lowest BCUT2D eigenvalue weighted by atomic mass is 9.97. The van der Waals surface area contributed by atoms with Gasteiger partial charge in [-0.2, -0.15) is 0 Å². The van der Waals surface area contributed by atoms with Gasteiger partial charge in [0.15, 0.2) is 0 Å². The summed E-state index contributed by atoms with van der Waals surface area (Å²) < 4.78 is 0. The Morgan fingerprint density at radius 3 is 2.81 bits per heavy atom. The van der Waals surface area contributed by atoms with E-state index in [-0.39, 0.29) is 0 Å². The van der Waals surface area contributed by atoms with Crippen LogP contribution >= 0.6 is 11.3 Å². The summed E-state index contributed by atoms with van der Waals surface area (Å²) in [6.45, 7) is 4.32. The van der Waals surface area contributed by atoms with Crippen molar-refractivity contribution in [3.05, 3.63) is 16.3 Å². The Balaban J connectivity index is 1.77. The first-order chi connectivity index (χ1) is 10.3. The highest BCUT2D eigenvalue weighted by Gasteiger charge is 2.26. The molecule has 5 heteroatoms. The van der Waals surface area contributed by atoms with E-state index in [9.17, 15) is 5.11 Å². The highest BCUT2D eigenvalue weighted by atomic mass is 32.1. The van der Waals surface area contributed by atoms with Gasteiger partial charge in [0.2, 0.25) is 0 Å². The van der Waals surface area contributed by atoms with Crippen LogP contribution in [-0.2, 0) is 12.8 Å².